The number of aryl methyl sites for hydroxylation is 1. The quantitative estimate of drug-likeness (QED) is 0.558. The maximum absolute atomic E-state index is 11.2. The molecule has 82 valence electrons. The third-order valence-corrected chi connectivity index (χ3v) is 2.33. The number of aliphatic hydroxyl groups excluding tert-OH is 1. The highest BCUT2D eigenvalue weighted by molar-refractivity contribution is 5.93. The van der Waals surface area contributed by atoms with Crippen molar-refractivity contribution in [2.24, 2.45) is 5.92 Å². The summed E-state index contributed by atoms with van der Waals surface area (Å²) in [6, 6.07) is 1.84. The molecule has 0 aliphatic rings. The van der Waals surface area contributed by atoms with Crippen molar-refractivity contribution in [3.63, 3.8) is 0 Å². The minimum atomic E-state index is -0.400. The zero-order chi connectivity index (χ0) is 11.4. The smallest absolute Gasteiger partial charge is 0.176 e. The number of rotatable bonds is 5. The highest BCUT2D eigenvalue weighted by Gasteiger charge is 2.12. The van der Waals surface area contributed by atoms with E-state index in [0.717, 1.165) is 17.5 Å². The summed E-state index contributed by atoms with van der Waals surface area (Å²) in [5, 5.41) is 8.86. The average Bonchev–Trinajstić information content (AvgIpc) is 2.56. The summed E-state index contributed by atoms with van der Waals surface area (Å²) in [5.74, 6) is -0.423. The molecule has 2 N–H and O–H groups in total. The van der Waals surface area contributed by atoms with Gasteiger partial charge in [-0.05, 0) is 25.0 Å². The Morgan fingerprint density at radius 3 is 2.73 bits per heavy atom. The van der Waals surface area contributed by atoms with Gasteiger partial charge in [-0.3, -0.25) is 4.79 Å². The second-order valence-corrected chi connectivity index (χ2v) is 3.69. The van der Waals surface area contributed by atoms with E-state index < -0.39 is 5.92 Å². The molecule has 0 aliphatic heterocycles. The van der Waals surface area contributed by atoms with Gasteiger partial charge in [0.25, 0.3) is 0 Å². The lowest BCUT2D eigenvalue weighted by Gasteiger charge is -2.03. The normalized spacial score (nSPS) is 12.5. The van der Waals surface area contributed by atoms with Crippen LogP contribution in [-0.4, -0.2) is 28.8 Å². The number of Topliss-reactive ketones (excluding diaryl/α,β-unsaturated/α-hetero) is 1. The van der Waals surface area contributed by atoms with E-state index in [-0.39, 0.29) is 12.4 Å². The molecule has 1 heterocycles. The Labute approximate surface area is 88.3 Å². The fourth-order valence-corrected chi connectivity index (χ4v) is 1.54. The molecule has 0 saturated heterocycles. The molecule has 1 unspecified atom stereocenters. The fourth-order valence-electron chi connectivity index (χ4n) is 1.54. The molecule has 0 spiro atoms. The number of aromatic amines is 1. The summed E-state index contributed by atoms with van der Waals surface area (Å²) in [5.41, 5.74) is 2.26. The summed E-state index contributed by atoms with van der Waals surface area (Å²) < 4.78 is 0. The third kappa shape index (κ3) is 2.76. The molecule has 15 heavy (non-hydrogen) atoms. The van der Waals surface area contributed by atoms with Crippen LogP contribution < -0.4 is 0 Å². The lowest BCUT2D eigenvalue weighted by molar-refractivity contribution is -0.112. The number of hydrogen-bond donors (Lipinski definition) is 2. The van der Waals surface area contributed by atoms with E-state index in [1.54, 1.807) is 0 Å². The molecule has 0 fully saturated rings. The zero-order valence-corrected chi connectivity index (χ0v) is 8.91. The van der Waals surface area contributed by atoms with Crippen LogP contribution in [0.5, 0.6) is 0 Å². The summed E-state index contributed by atoms with van der Waals surface area (Å²) >= 11 is 0. The molecular formula is C11H15NO3. The first kappa shape index (κ1) is 11.7. The molecule has 4 nitrogen and oxygen atoms in total. The maximum atomic E-state index is 11.2. The van der Waals surface area contributed by atoms with Crippen molar-refractivity contribution >= 4 is 12.1 Å². The summed E-state index contributed by atoms with van der Waals surface area (Å²) in [6.45, 7) is 3.16. The number of H-pyrrole nitrogens is 1. The first-order valence-electron chi connectivity index (χ1n) is 4.84. The van der Waals surface area contributed by atoms with E-state index in [1.165, 1.54) is 6.92 Å². The van der Waals surface area contributed by atoms with Gasteiger partial charge in [0.1, 0.15) is 6.29 Å². The molecule has 1 rings (SSSR count). The molecule has 0 amide bonds. The number of carbonyl (C=O) groups is 2. The van der Waals surface area contributed by atoms with Gasteiger partial charge in [-0.1, -0.05) is 0 Å². The highest BCUT2D eigenvalue weighted by Crippen LogP contribution is 2.13. The van der Waals surface area contributed by atoms with Crippen LogP contribution >= 0.6 is 0 Å². The number of carbonyl (C=O) groups excluding carboxylic acids is 2. The van der Waals surface area contributed by atoms with Gasteiger partial charge in [-0.15, -0.1) is 0 Å². The Morgan fingerprint density at radius 2 is 2.33 bits per heavy atom. The molecule has 1 aromatic rings. The van der Waals surface area contributed by atoms with Crippen molar-refractivity contribution in [3.05, 3.63) is 23.0 Å². The average molecular weight is 209 g/mol. The number of hydrogen-bond acceptors (Lipinski definition) is 3. The number of nitrogens with one attached hydrogen (secondary N) is 1. The van der Waals surface area contributed by atoms with E-state index in [9.17, 15) is 9.59 Å². The van der Waals surface area contributed by atoms with Gasteiger partial charge in [-0.25, -0.2) is 0 Å². The number of aldehydes is 1. The van der Waals surface area contributed by atoms with Crippen molar-refractivity contribution < 1.29 is 14.7 Å². The number of ketones is 1. The molecule has 4 heteroatoms. The van der Waals surface area contributed by atoms with Crippen LogP contribution in [0.1, 0.15) is 28.7 Å². The molecule has 0 bridgehead atoms. The van der Waals surface area contributed by atoms with E-state index in [2.05, 4.69) is 4.98 Å². The van der Waals surface area contributed by atoms with Crippen LogP contribution in [0.2, 0.25) is 0 Å². The van der Waals surface area contributed by atoms with Crippen LogP contribution in [0.25, 0.3) is 0 Å². The van der Waals surface area contributed by atoms with E-state index in [1.807, 2.05) is 13.0 Å². The molecule has 0 saturated carbocycles. The lowest BCUT2D eigenvalue weighted by Crippen LogP contribution is -2.11. The largest absolute Gasteiger partial charge is 0.396 e. The van der Waals surface area contributed by atoms with E-state index in [0.29, 0.717) is 12.1 Å². The van der Waals surface area contributed by atoms with Crippen LogP contribution in [-0.2, 0) is 11.2 Å². The monoisotopic (exact) mass is 209 g/mol. The molecular weight excluding hydrogens is 194 g/mol. The lowest BCUT2D eigenvalue weighted by atomic mass is 10.1. The predicted octanol–water partition coefficient (Wildman–Crippen LogP) is 0.876. The Balaban J connectivity index is 2.83. The van der Waals surface area contributed by atoms with Gasteiger partial charge >= 0.3 is 0 Å². The van der Waals surface area contributed by atoms with Gasteiger partial charge in [0.15, 0.2) is 5.78 Å². The first-order valence-corrected chi connectivity index (χ1v) is 4.84. The predicted molar refractivity (Wildman–Crippen MR) is 55.9 cm³/mol. The van der Waals surface area contributed by atoms with E-state index >= 15 is 0 Å². The first-order chi connectivity index (χ1) is 7.08. The number of aliphatic hydroxyl groups is 1. The van der Waals surface area contributed by atoms with Gasteiger partial charge in [-0.2, -0.15) is 0 Å². The molecule has 0 aromatic carbocycles. The Kier molecular flexibility index (Phi) is 3.80. The molecule has 0 radical (unpaired) electrons. The fraction of sp³-hybridized carbons (Fsp3) is 0.455. The standard InChI is InChI=1S/C11H15NO3/c1-7-3-10(4-9(5-13)6-14)12-11(7)8(2)15/h3,5,9,12,14H,4,6H2,1-2H3. The SMILES string of the molecule is CC(=O)c1[nH]c(CC(C=O)CO)cc1C. The van der Waals surface area contributed by atoms with Crippen molar-refractivity contribution in [2.75, 3.05) is 6.61 Å². The van der Waals surface area contributed by atoms with Gasteiger partial charge in [0, 0.05) is 18.5 Å². The Bertz CT molecular complexity index is 368. The molecule has 1 atom stereocenters. The Hall–Kier alpha value is -1.42. The summed E-state index contributed by atoms with van der Waals surface area (Å²) in [6.07, 6.45) is 1.16. The Morgan fingerprint density at radius 1 is 1.67 bits per heavy atom. The molecule has 0 aliphatic carbocycles. The second-order valence-electron chi connectivity index (χ2n) is 3.69. The number of aromatic nitrogens is 1. The molecule has 1 aromatic heterocycles. The van der Waals surface area contributed by atoms with E-state index in [4.69, 9.17) is 5.11 Å². The van der Waals surface area contributed by atoms with Crippen molar-refractivity contribution in [1.29, 1.82) is 0 Å². The summed E-state index contributed by atoms with van der Waals surface area (Å²) in [7, 11) is 0. The zero-order valence-electron chi connectivity index (χ0n) is 8.91. The van der Waals surface area contributed by atoms with Crippen molar-refractivity contribution in [3.8, 4) is 0 Å². The topological polar surface area (TPSA) is 70.2 Å². The highest BCUT2D eigenvalue weighted by atomic mass is 16.3. The van der Waals surface area contributed by atoms with Crippen LogP contribution in [0.15, 0.2) is 6.07 Å². The third-order valence-electron chi connectivity index (χ3n) is 2.33. The van der Waals surface area contributed by atoms with Gasteiger partial charge in [0.2, 0.25) is 0 Å². The van der Waals surface area contributed by atoms with Crippen LogP contribution in [0, 0.1) is 12.8 Å². The van der Waals surface area contributed by atoms with Gasteiger partial charge in [0.05, 0.1) is 12.3 Å². The minimum absolute atomic E-state index is 0.0228. The van der Waals surface area contributed by atoms with Crippen LogP contribution in [0.4, 0.5) is 0 Å². The van der Waals surface area contributed by atoms with Crippen molar-refractivity contribution in [2.45, 2.75) is 20.3 Å². The van der Waals surface area contributed by atoms with Gasteiger partial charge < -0.3 is 14.9 Å². The van der Waals surface area contributed by atoms with Crippen molar-refractivity contribution in [1.82, 2.24) is 4.98 Å². The second kappa shape index (κ2) is 4.89. The maximum Gasteiger partial charge on any atom is 0.176 e. The van der Waals surface area contributed by atoms with Crippen LogP contribution in [0.3, 0.4) is 0 Å². The minimum Gasteiger partial charge on any atom is -0.396 e. The summed E-state index contributed by atoms with van der Waals surface area (Å²) in [4.78, 5) is 24.6.